The lowest BCUT2D eigenvalue weighted by atomic mass is 10.1. The molecule has 0 unspecified atom stereocenters. The van der Waals surface area contributed by atoms with Crippen molar-refractivity contribution in [1.29, 1.82) is 0 Å². The first-order valence-corrected chi connectivity index (χ1v) is 6.28. The maximum absolute atomic E-state index is 5.85. The topological polar surface area (TPSA) is 35.2 Å². The highest BCUT2D eigenvalue weighted by atomic mass is 16.5. The molecule has 2 N–H and O–H groups in total. The molecule has 0 radical (unpaired) electrons. The number of hydrogen-bond donors (Lipinski definition) is 1. The van der Waals surface area contributed by atoms with Gasteiger partial charge in [0, 0.05) is 5.56 Å². The first-order valence-electron chi connectivity index (χ1n) is 6.28. The van der Waals surface area contributed by atoms with Crippen molar-refractivity contribution in [3.63, 3.8) is 0 Å². The predicted molar refractivity (Wildman–Crippen MR) is 69.4 cm³/mol. The van der Waals surface area contributed by atoms with Crippen LogP contribution in [0.3, 0.4) is 0 Å². The molecule has 1 aromatic rings. The minimum absolute atomic E-state index is 0.409. The van der Waals surface area contributed by atoms with Crippen molar-refractivity contribution >= 4 is 0 Å². The molecule has 1 aliphatic rings. The fourth-order valence-electron chi connectivity index (χ4n) is 2.11. The Balaban J connectivity index is 1.84. The van der Waals surface area contributed by atoms with Gasteiger partial charge in [0.1, 0.15) is 0 Å². The molecule has 0 amide bonds. The van der Waals surface area contributed by atoms with E-state index >= 15 is 0 Å². The Morgan fingerprint density at radius 2 is 1.88 bits per heavy atom. The molecule has 17 heavy (non-hydrogen) atoms. The number of rotatable bonds is 3. The van der Waals surface area contributed by atoms with Gasteiger partial charge in [-0.3, -0.25) is 0 Å². The van der Waals surface area contributed by atoms with Crippen molar-refractivity contribution in [1.82, 2.24) is 0 Å². The van der Waals surface area contributed by atoms with Crippen molar-refractivity contribution < 1.29 is 4.74 Å². The van der Waals surface area contributed by atoms with Crippen LogP contribution >= 0.6 is 0 Å². The molecule has 1 aliphatic carbocycles. The molecule has 0 spiro atoms. The first-order chi connectivity index (χ1) is 8.38. The average Bonchev–Trinajstić information content (AvgIpc) is 2.88. The minimum Gasteiger partial charge on any atom is -0.374 e. The molecule has 1 saturated carbocycles. The lowest BCUT2D eigenvalue weighted by Crippen LogP contribution is -2.06. The van der Waals surface area contributed by atoms with Gasteiger partial charge in [-0.2, -0.15) is 0 Å². The van der Waals surface area contributed by atoms with Crippen LogP contribution < -0.4 is 5.73 Å². The second-order valence-electron chi connectivity index (χ2n) is 4.42. The molecular weight excluding hydrogens is 210 g/mol. The van der Waals surface area contributed by atoms with Crippen LogP contribution in [0.2, 0.25) is 0 Å². The molecule has 0 bridgehead atoms. The van der Waals surface area contributed by atoms with Gasteiger partial charge in [-0.1, -0.05) is 36.8 Å². The standard InChI is InChI=1S/C15H19NO/c16-11-3-4-13-7-9-14(10-8-13)12-17-15-5-1-2-6-15/h7-10,15H,1-2,5-6,11-12,16H2. The van der Waals surface area contributed by atoms with Crippen LogP contribution in [0.15, 0.2) is 24.3 Å². The summed E-state index contributed by atoms with van der Waals surface area (Å²) < 4.78 is 5.85. The summed E-state index contributed by atoms with van der Waals surface area (Å²) in [6, 6.07) is 8.21. The molecule has 1 aromatic carbocycles. The molecule has 2 heteroatoms. The SMILES string of the molecule is NCC#Cc1ccc(COC2CCCC2)cc1. The monoisotopic (exact) mass is 229 g/mol. The van der Waals surface area contributed by atoms with E-state index < -0.39 is 0 Å². The lowest BCUT2D eigenvalue weighted by molar-refractivity contribution is 0.0457. The highest BCUT2D eigenvalue weighted by Crippen LogP contribution is 2.22. The first kappa shape index (κ1) is 12.2. The molecule has 0 aliphatic heterocycles. The van der Waals surface area contributed by atoms with E-state index in [9.17, 15) is 0 Å². The maximum Gasteiger partial charge on any atom is 0.0720 e. The Bertz CT molecular complexity index is 393. The zero-order valence-electron chi connectivity index (χ0n) is 10.1. The second-order valence-corrected chi connectivity index (χ2v) is 4.42. The van der Waals surface area contributed by atoms with Gasteiger partial charge in [-0.15, -0.1) is 0 Å². The Morgan fingerprint density at radius 1 is 1.18 bits per heavy atom. The van der Waals surface area contributed by atoms with E-state index in [-0.39, 0.29) is 0 Å². The molecule has 0 aromatic heterocycles. The molecule has 0 saturated heterocycles. The van der Waals surface area contributed by atoms with Crippen LogP contribution in [0.1, 0.15) is 36.8 Å². The van der Waals surface area contributed by atoms with Crippen molar-refractivity contribution in [2.45, 2.75) is 38.4 Å². The van der Waals surface area contributed by atoms with E-state index in [1.807, 2.05) is 12.1 Å². The van der Waals surface area contributed by atoms with Crippen LogP contribution in [-0.2, 0) is 11.3 Å². The van der Waals surface area contributed by atoms with Crippen molar-refractivity contribution in [2.75, 3.05) is 6.54 Å². The van der Waals surface area contributed by atoms with E-state index in [0.717, 1.165) is 12.2 Å². The van der Waals surface area contributed by atoms with Crippen LogP contribution in [0.4, 0.5) is 0 Å². The predicted octanol–water partition coefficient (Wildman–Crippen LogP) is 2.46. The highest BCUT2D eigenvalue weighted by Gasteiger charge is 2.14. The van der Waals surface area contributed by atoms with Crippen LogP contribution in [-0.4, -0.2) is 12.6 Å². The summed E-state index contributed by atoms with van der Waals surface area (Å²) >= 11 is 0. The zero-order chi connectivity index (χ0) is 11.9. The third-order valence-electron chi connectivity index (χ3n) is 3.08. The summed E-state index contributed by atoms with van der Waals surface area (Å²) in [5.41, 5.74) is 7.56. The van der Waals surface area contributed by atoms with E-state index in [0.29, 0.717) is 12.6 Å². The Labute approximate surface area is 103 Å². The van der Waals surface area contributed by atoms with Crippen molar-refractivity contribution in [3.8, 4) is 11.8 Å². The van der Waals surface area contributed by atoms with Gasteiger partial charge in [0.2, 0.25) is 0 Å². The zero-order valence-corrected chi connectivity index (χ0v) is 10.1. The molecule has 0 heterocycles. The van der Waals surface area contributed by atoms with E-state index in [1.165, 1.54) is 31.2 Å². The van der Waals surface area contributed by atoms with Gasteiger partial charge in [0.05, 0.1) is 19.3 Å². The van der Waals surface area contributed by atoms with E-state index in [4.69, 9.17) is 10.5 Å². The third kappa shape index (κ3) is 3.89. The van der Waals surface area contributed by atoms with E-state index in [2.05, 4.69) is 24.0 Å². The molecule has 1 fully saturated rings. The largest absolute Gasteiger partial charge is 0.374 e. The third-order valence-corrected chi connectivity index (χ3v) is 3.08. The fourth-order valence-corrected chi connectivity index (χ4v) is 2.11. The normalized spacial score (nSPS) is 15.6. The molecule has 90 valence electrons. The lowest BCUT2D eigenvalue weighted by Gasteiger charge is -2.10. The second kappa shape index (κ2) is 6.44. The summed E-state index contributed by atoms with van der Waals surface area (Å²) in [4.78, 5) is 0. The summed E-state index contributed by atoms with van der Waals surface area (Å²) in [7, 11) is 0. The summed E-state index contributed by atoms with van der Waals surface area (Å²) in [6.07, 6.45) is 5.56. The van der Waals surface area contributed by atoms with Gasteiger partial charge in [-0.05, 0) is 30.5 Å². The van der Waals surface area contributed by atoms with Crippen LogP contribution in [0, 0.1) is 11.8 Å². The van der Waals surface area contributed by atoms with Gasteiger partial charge < -0.3 is 10.5 Å². The quantitative estimate of drug-likeness (QED) is 0.808. The summed E-state index contributed by atoms with van der Waals surface area (Å²) in [6.45, 7) is 1.13. The molecular formula is C15H19NO. The van der Waals surface area contributed by atoms with Gasteiger partial charge in [0.15, 0.2) is 0 Å². The fraction of sp³-hybridized carbons (Fsp3) is 0.467. The van der Waals surface area contributed by atoms with Gasteiger partial charge in [0.25, 0.3) is 0 Å². The Morgan fingerprint density at radius 3 is 2.53 bits per heavy atom. The highest BCUT2D eigenvalue weighted by molar-refractivity contribution is 5.36. The minimum atomic E-state index is 0.409. The number of benzene rings is 1. The van der Waals surface area contributed by atoms with E-state index in [1.54, 1.807) is 0 Å². The van der Waals surface area contributed by atoms with Gasteiger partial charge in [-0.25, -0.2) is 0 Å². The number of hydrogen-bond acceptors (Lipinski definition) is 2. The molecule has 0 atom stereocenters. The maximum atomic E-state index is 5.85. The Kier molecular flexibility index (Phi) is 4.61. The van der Waals surface area contributed by atoms with Crippen molar-refractivity contribution in [2.24, 2.45) is 5.73 Å². The Hall–Kier alpha value is -1.30. The molecule has 2 nitrogen and oxygen atoms in total. The summed E-state index contributed by atoms with van der Waals surface area (Å²) in [5.74, 6) is 5.86. The van der Waals surface area contributed by atoms with Crippen LogP contribution in [0.5, 0.6) is 0 Å². The smallest absolute Gasteiger partial charge is 0.0720 e. The molecule has 2 rings (SSSR count). The van der Waals surface area contributed by atoms with Crippen molar-refractivity contribution in [3.05, 3.63) is 35.4 Å². The average molecular weight is 229 g/mol. The number of ether oxygens (including phenoxy) is 1. The van der Waals surface area contributed by atoms with Gasteiger partial charge >= 0.3 is 0 Å². The summed E-state index contributed by atoms with van der Waals surface area (Å²) in [5, 5.41) is 0. The van der Waals surface area contributed by atoms with Crippen LogP contribution in [0.25, 0.3) is 0 Å². The number of nitrogens with two attached hydrogens (primary N) is 1.